The van der Waals surface area contributed by atoms with Crippen LogP contribution in [0.4, 0.5) is 15.3 Å². The molecule has 3 amide bonds. The van der Waals surface area contributed by atoms with Gasteiger partial charge in [-0.15, -0.1) is 0 Å². The van der Waals surface area contributed by atoms with Gasteiger partial charge >= 0.3 is 12.2 Å². The highest BCUT2D eigenvalue weighted by Gasteiger charge is 2.24. The second-order valence-corrected chi connectivity index (χ2v) is 9.99. The molecular weight excluding hydrogens is 410 g/mol. The van der Waals surface area contributed by atoms with Crippen molar-refractivity contribution in [3.05, 3.63) is 29.3 Å². The van der Waals surface area contributed by atoms with Gasteiger partial charge < -0.3 is 25.4 Å². The zero-order valence-corrected chi connectivity index (χ0v) is 20.7. The number of aryl methyl sites for hydroxylation is 2. The minimum absolute atomic E-state index is 0.319. The van der Waals surface area contributed by atoms with Crippen molar-refractivity contribution in [2.45, 2.75) is 91.9 Å². The van der Waals surface area contributed by atoms with Gasteiger partial charge in [0.05, 0.1) is 0 Å². The number of hydrogen-bond acceptors (Lipinski definition) is 5. The van der Waals surface area contributed by atoms with Crippen molar-refractivity contribution in [2.75, 3.05) is 11.9 Å². The molecule has 0 aliphatic rings. The molecular formula is C24H39N3O5. The lowest BCUT2D eigenvalue weighted by atomic mass is 10.1. The molecule has 8 heteroatoms. The molecule has 3 N–H and O–H groups in total. The Kier molecular flexibility index (Phi) is 10.0. The van der Waals surface area contributed by atoms with Gasteiger partial charge in [-0.2, -0.15) is 0 Å². The molecule has 8 nitrogen and oxygen atoms in total. The van der Waals surface area contributed by atoms with E-state index in [2.05, 4.69) is 16.0 Å². The fourth-order valence-electron chi connectivity index (χ4n) is 2.97. The fourth-order valence-corrected chi connectivity index (χ4v) is 2.97. The Hall–Kier alpha value is -2.77. The topological polar surface area (TPSA) is 106 Å². The lowest BCUT2D eigenvalue weighted by Gasteiger charge is -2.23. The van der Waals surface area contributed by atoms with E-state index in [1.807, 2.05) is 32.0 Å². The van der Waals surface area contributed by atoms with Crippen molar-refractivity contribution in [3.8, 4) is 0 Å². The molecule has 0 fully saturated rings. The van der Waals surface area contributed by atoms with E-state index in [9.17, 15) is 14.4 Å². The number of amides is 3. The quantitative estimate of drug-likeness (QED) is 0.493. The summed E-state index contributed by atoms with van der Waals surface area (Å²) in [6, 6.07) is 5.00. The first-order valence-corrected chi connectivity index (χ1v) is 11.0. The van der Waals surface area contributed by atoms with Crippen molar-refractivity contribution in [2.24, 2.45) is 0 Å². The van der Waals surface area contributed by atoms with Crippen LogP contribution in [0.3, 0.4) is 0 Å². The molecule has 0 radical (unpaired) electrons. The molecule has 32 heavy (non-hydrogen) atoms. The Labute approximate surface area is 191 Å². The van der Waals surface area contributed by atoms with Gasteiger partial charge in [-0.05, 0) is 97.9 Å². The van der Waals surface area contributed by atoms with Crippen LogP contribution in [0.15, 0.2) is 18.2 Å². The third-order valence-electron chi connectivity index (χ3n) is 4.08. The normalized spacial score (nSPS) is 12.5. The first kappa shape index (κ1) is 27.3. The number of alkyl carbamates (subject to hydrolysis) is 2. The Balaban J connectivity index is 2.68. The summed E-state index contributed by atoms with van der Waals surface area (Å²) in [5.41, 5.74) is 1.51. The number of carbonyl (C=O) groups is 3. The smallest absolute Gasteiger partial charge is 0.408 e. The van der Waals surface area contributed by atoms with E-state index in [1.54, 1.807) is 41.5 Å². The van der Waals surface area contributed by atoms with E-state index >= 15 is 0 Å². The monoisotopic (exact) mass is 449 g/mol. The van der Waals surface area contributed by atoms with Crippen LogP contribution >= 0.6 is 0 Å². The van der Waals surface area contributed by atoms with E-state index in [0.717, 1.165) is 11.1 Å². The molecule has 0 aliphatic carbocycles. The molecule has 0 saturated heterocycles. The number of carbonyl (C=O) groups excluding carboxylic acids is 3. The number of rotatable bonds is 8. The van der Waals surface area contributed by atoms with Gasteiger partial charge in [0, 0.05) is 12.2 Å². The predicted octanol–water partition coefficient (Wildman–Crippen LogP) is 4.83. The van der Waals surface area contributed by atoms with Gasteiger partial charge in [-0.1, -0.05) is 6.07 Å². The first-order valence-electron chi connectivity index (χ1n) is 11.0. The molecule has 0 heterocycles. The third kappa shape index (κ3) is 12.2. The summed E-state index contributed by atoms with van der Waals surface area (Å²) in [5.74, 6) is -0.319. The van der Waals surface area contributed by atoms with Crippen molar-refractivity contribution < 1.29 is 23.9 Å². The highest BCUT2D eigenvalue weighted by molar-refractivity contribution is 5.96. The summed E-state index contributed by atoms with van der Waals surface area (Å²) in [4.78, 5) is 36.9. The molecule has 180 valence electrons. The van der Waals surface area contributed by atoms with Crippen LogP contribution < -0.4 is 16.0 Å². The van der Waals surface area contributed by atoms with E-state index in [4.69, 9.17) is 9.47 Å². The second kappa shape index (κ2) is 11.7. The summed E-state index contributed by atoms with van der Waals surface area (Å²) < 4.78 is 10.5. The largest absolute Gasteiger partial charge is 0.444 e. The molecule has 1 rings (SSSR count). The minimum atomic E-state index is -0.771. The Morgan fingerprint density at radius 3 is 1.91 bits per heavy atom. The predicted molar refractivity (Wildman–Crippen MR) is 126 cm³/mol. The number of benzene rings is 1. The van der Waals surface area contributed by atoms with Crippen molar-refractivity contribution in [1.29, 1.82) is 0 Å². The van der Waals surface area contributed by atoms with Gasteiger partial charge in [-0.25, -0.2) is 9.59 Å². The van der Waals surface area contributed by atoms with E-state index in [-0.39, 0.29) is 5.91 Å². The van der Waals surface area contributed by atoms with Crippen LogP contribution in [-0.4, -0.2) is 41.9 Å². The van der Waals surface area contributed by atoms with E-state index in [1.165, 1.54) is 0 Å². The standard InChI is InChI=1S/C24H39N3O5/c1-16-13-17(2)15-18(14-16)26-20(28)19(27-22(30)32-24(6,7)8)11-9-10-12-25-21(29)31-23(3,4)5/h13-15,19H,9-12H2,1-8H3,(H,25,29)(H,26,28)(H,27,30). The fraction of sp³-hybridized carbons (Fsp3) is 0.625. The molecule has 0 spiro atoms. The highest BCUT2D eigenvalue weighted by atomic mass is 16.6. The highest BCUT2D eigenvalue weighted by Crippen LogP contribution is 2.15. The zero-order valence-electron chi connectivity index (χ0n) is 20.7. The van der Waals surface area contributed by atoms with Crippen molar-refractivity contribution >= 4 is 23.8 Å². The summed E-state index contributed by atoms with van der Waals surface area (Å²) in [6.45, 7) is 15.0. The summed E-state index contributed by atoms with van der Waals surface area (Å²) in [5, 5.41) is 8.24. The van der Waals surface area contributed by atoms with Crippen LogP contribution in [0.1, 0.15) is 71.9 Å². The summed E-state index contributed by atoms with van der Waals surface area (Å²) >= 11 is 0. The molecule has 0 aliphatic heterocycles. The molecule has 1 aromatic rings. The second-order valence-electron chi connectivity index (χ2n) is 9.99. The van der Waals surface area contributed by atoms with E-state index < -0.39 is 29.4 Å². The summed E-state index contributed by atoms with van der Waals surface area (Å²) in [7, 11) is 0. The maximum atomic E-state index is 12.9. The van der Waals surface area contributed by atoms with Crippen molar-refractivity contribution in [3.63, 3.8) is 0 Å². The Morgan fingerprint density at radius 2 is 1.38 bits per heavy atom. The van der Waals surface area contributed by atoms with Crippen molar-refractivity contribution in [1.82, 2.24) is 10.6 Å². The number of ether oxygens (including phenoxy) is 2. The number of hydrogen-bond donors (Lipinski definition) is 3. The third-order valence-corrected chi connectivity index (χ3v) is 4.08. The molecule has 1 atom stereocenters. The lowest BCUT2D eigenvalue weighted by Crippen LogP contribution is -2.45. The Morgan fingerprint density at radius 1 is 0.844 bits per heavy atom. The molecule has 0 bridgehead atoms. The van der Waals surface area contributed by atoms with Crippen LogP contribution in [-0.2, 0) is 14.3 Å². The van der Waals surface area contributed by atoms with E-state index in [0.29, 0.717) is 31.5 Å². The zero-order chi connectivity index (χ0) is 24.5. The SMILES string of the molecule is Cc1cc(C)cc(NC(=O)C(CCCCNC(=O)OC(C)(C)C)NC(=O)OC(C)(C)C)c1. The Bertz CT molecular complexity index is 774. The first-order chi connectivity index (χ1) is 14.6. The lowest BCUT2D eigenvalue weighted by molar-refractivity contribution is -0.118. The maximum Gasteiger partial charge on any atom is 0.408 e. The minimum Gasteiger partial charge on any atom is -0.444 e. The molecule has 1 aromatic carbocycles. The van der Waals surface area contributed by atoms with Gasteiger partial charge in [0.2, 0.25) is 5.91 Å². The molecule has 0 aromatic heterocycles. The maximum absolute atomic E-state index is 12.9. The number of anilines is 1. The van der Waals surface area contributed by atoms with Crippen LogP contribution in [0, 0.1) is 13.8 Å². The van der Waals surface area contributed by atoms with Gasteiger partial charge in [0.25, 0.3) is 0 Å². The van der Waals surface area contributed by atoms with Crippen LogP contribution in [0.25, 0.3) is 0 Å². The number of nitrogens with one attached hydrogen (secondary N) is 3. The average Bonchev–Trinajstić information content (AvgIpc) is 2.56. The van der Waals surface area contributed by atoms with Gasteiger partial charge in [0.1, 0.15) is 17.2 Å². The average molecular weight is 450 g/mol. The molecule has 0 saturated carbocycles. The van der Waals surface area contributed by atoms with Crippen LogP contribution in [0.2, 0.25) is 0 Å². The molecule has 1 unspecified atom stereocenters. The number of unbranched alkanes of at least 4 members (excludes halogenated alkanes) is 1. The summed E-state index contributed by atoms with van der Waals surface area (Å²) in [6.07, 6.45) is 0.503. The van der Waals surface area contributed by atoms with Gasteiger partial charge in [-0.3, -0.25) is 4.79 Å². The van der Waals surface area contributed by atoms with Crippen LogP contribution in [0.5, 0.6) is 0 Å². The van der Waals surface area contributed by atoms with Gasteiger partial charge in [0.15, 0.2) is 0 Å².